The van der Waals surface area contributed by atoms with E-state index in [1.54, 1.807) is 0 Å². The molecule has 0 aromatic carbocycles. The molecule has 0 aliphatic heterocycles. The van der Waals surface area contributed by atoms with Gasteiger partial charge in [-0.15, -0.1) is 0 Å². The monoisotopic (exact) mass is 270 g/mol. The lowest BCUT2D eigenvalue weighted by atomic mass is 10.1. The van der Waals surface area contributed by atoms with Gasteiger partial charge in [0.05, 0.1) is 6.61 Å². The van der Waals surface area contributed by atoms with Crippen LogP contribution in [0.15, 0.2) is 12.2 Å². The summed E-state index contributed by atoms with van der Waals surface area (Å²) in [5.41, 5.74) is 0. The summed E-state index contributed by atoms with van der Waals surface area (Å²) in [6, 6.07) is 0. The van der Waals surface area contributed by atoms with E-state index in [0.717, 1.165) is 12.8 Å². The van der Waals surface area contributed by atoms with Gasteiger partial charge in [0.1, 0.15) is 6.61 Å². The van der Waals surface area contributed by atoms with Crippen molar-refractivity contribution in [2.75, 3.05) is 13.2 Å². The largest absolute Gasteiger partial charge is 0.464 e. The van der Waals surface area contributed by atoms with E-state index >= 15 is 0 Å². The Labute approximate surface area is 118 Å². The van der Waals surface area contributed by atoms with Crippen LogP contribution in [0.3, 0.4) is 0 Å². The number of hydrogen-bond donors (Lipinski definition) is 1. The maximum Gasteiger partial charge on any atom is 0.331 e. The van der Waals surface area contributed by atoms with E-state index in [9.17, 15) is 4.79 Å². The van der Waals surface area contributed by atoms with Crippen LogP contribution < -0.4 is 0 Å². The molecule has 0 aliphatic carbocycles. The van der Waals surface area contributed by atoms with Crippen molar-refractivity contribution in [2.24, 2.45) is 0 Å². The molecule has 3 nitrogen and oxygen atoms in total. The molecule has 0 aromatic heterocycles. The number of carbonyl (C=O) groups excluding carboxylic acids is 1. The number of unbranched alkanes of at least 4 members (excludes halogenated alkanes) is 9. The second kappa shape index (κ2) is 15.2. The van der Waals surface area contributed by atoms with Gasteiger partial charge in [0, 0.05) is 0 Å². The molecule has 0 rings (SSSR count). The van der Waals surface area contributed by atoms with E-state index < -0.39 is 12.6 Å². The molecule has 0 amide bonds. The third-order valence-corrected chi connectivity index (χ3v) is 3.14. The van der Waals surface area contributed by atoms with Gasteiger partial charge in [0.2, 0.25) is 0 Å². The van der Waals surface area contributed by atoms with E-state index in [1.807, 2.05) is 0 Å². The molecule has 0 bridgehead atoms. The van der Waals surface area contributed by atoms with Crippen molar-refractivity contribution >= 4 is 5.97 Å². The van der Waals surface area contributed by atoms with E-state index in [2.05, 4.69) is 19.1 Å². The molecule has 0 aliphatic rings. The molecule has 1 N–H and O–H groups in total. The van der Waals surface area contributed by atoms with Gasteiger partial charge >= 0.3 is 5.97 Å². The average molecular weight is 270 g/mol. The van der Waals surface area contributed by atoms with Gasteiger partial charge in [-0.1, -0.05) is 57.1 Å². The summed E-state index contributed by atoms with van der Waals surface area (Å²) in [5, 5.41) is 8.45. The molecule has 112 valence electrons. The molecular formula is C16H30O3. The van der Waals surface area contributed by atoms with Crippen molar-refractivity contribution in [1.82, 2.24) is 0 Å². The number of ether oxygens (including phenoxy) is 1. The van der Waals surface area contributed by atoms with E-state index in [4.69, 9.17) is 9.84 Å². The SMILES string of the molecule is C/C=C/CCCCCCCCCCCOC(=O)CO. The van der Waals surface area contributed by atoms with E-state index in [1.165, 1.54) is 51.4 Å². The Kier molecular flexibility index (Phi) is 14.6. The molecule has 0 saturated heterocycles. The second-order valence-corrected chi connectivity index (χ2v) is 4.92. The number of allylic oxidation sites excluding steroid dienone is 2. The first-order valence-electron chi connectivity index (χ1n) is 7.69. The van der Waals surface area contributed by atoms with Gasteiger partial charge in [0.25, 0.3) is 0 Å². The molecule has 0 unspecified atom stereocenters. The molecule has 0 heterocycles. The average Bonchev–Trinajstić information content (AvgIpc) is 2.43. The van der Waals surface area contributed by atoms with Crippen LogP contribution in [0.2, 0.25) is 0 Å². The number of aliphatic hydroxyl groups is 1. The molecule has 19 heavy (non-hydrogen) atoms. The summed E-state index contributed by atoms with van der Waals surface area (Å²) < 4.78 is 4.79. The predicted octanol–water partition coefficient (Wildman–Crippen LogP) is 4.00. The minimum atomic E-state index is -0.516. The summed E-state index contributed by atoms with van der Waals surface area (Å²) in [4.78, 5) is 10.6. The summed E-state index contributed by atoms with van der Waals surface area (Å²) >= 11 is 0. The third-order valence-electron chi connectivity index (χ3n) is 3.14. The highest BCUT2D eigenvalue weighted by atomic mass is 16.5. The maximum atomic E-state index is 10.6. The zero-order valence-corrected chi connectivity index (χ0v) is 12.4. The van der Waals surface area contributed by atoms with Crippen molar-refractivity contribution < 1.29 is 14.6 Å². The van der Waals surface area contributed by atoms with Gasteiger partial charge in [-0.2, -0.15) is 0 Å². The molecule has 3 heteroatoms. The number of aliphatic hydroxyl groups excluding tert-OH is 1. The lowest BCUT2D eigenvalue weighted by Crippen LogP contribution is -2.09. The van der Waals surface area contributed by atoms with Gasteiger partial charge in [-0.05, 0) is 26.2 Å². The Balaban J connectivity index is 3.01. The highest BCUT2D eigenvalue weighted by Crippen LogP contribution is 2.10. The fourth-order valence-corrected chi connectivity index (χ4v) is 2.00. The molecular weight excluding hydrogens is 240 g/mol. The Morgan fingerprint density at radius 2 is 1.47 bits per heavy atom. The van der Waals surface area contributed by atoms with Crippen LogP contribution in [0, 0.1) is 0 Å². The van der Waals surface area contributed by atoms with Crippen LogP contribution in [0.25, 0.3) is 0 Å². The quantitative estimate of drug-likeness (QED) is 0.312. The Morgan fingerprint density at radius 3 is 2.00 bits per heavy atom. The number of esters is 1. The topological polar surface area (TPSA) is 46.5 Å². The molecule has 0 radical (unpaired) electrons. The second-order valence-electron chi connectivity index (χ2n) is 4.92. The molecule has 0 atom stereocenters. The first-order valence-corrected chi connectivity index (χ1v) is 7.69. The molecule has 0 fully saturated rings. The zero-order valence-electron chi connectivity index (χ0n) is 12.4. The summed E-state index contributed by atoms with van der Waals surface area (Å²) in [6.45, 7) is 2.02. The van der Waals surface area contributed by atoms with E-state index in [-0.39, 0.29) is 0 Å². The van der Waals surface area contributed by atoms with Crippen molar-refractivity contribution in [3.8, 4) is 0 Å². The van der Waals surface area contributed by atoms with Crippen molar-refractivity contribution in [1.29, 1.82) is 0 Å². The lowest BCUT2D eigenvalue weighted by Gasteiger charge is -2.03. The predicted molar refractivity (Wildman–Crippen MR) is 79.0 cm³/mol. The first-order chi connectivity index (χ1) is 9.31. The van der Waals surface area contributed by atoms with Crippen LogP contribution in [0.4, 0.5) is 0 Å². The van der Waals surface area contributed by atoms with Crippen molar-refractivity contribution in [3.63, 3.8) is 0 Å². The molecule has 0 spiro atoms. The fourth-order valence-electron chi connectivity index (χ4n) is 2.00. The van der Waals surface area contributed by atoms with Crippen molar-refractivity contribution in [3.05, 3.63) is 12.2 Å². The summed E-state index contributed by atoms with van der Waals surface area (Å²) in [7, 11) is 0. The van der Waals surface area contributed by atoms with Crippen LogP contribution in [0.1, 0.15) is 71.1 Å². The van der Waals surface area contributed by atoms with Crippen LogP contribution in [-0.2, 0) is 9.53 Å². The standard InChI is InChI=1S/C16H30O3/c1-2-3-4-5-6-7-8-9-10-11-12-13-14-19-16(18)15-17/h2-3,17H,4-15H2,1H3/b3-2+. The number of hydrogen-bond acceptors (Lipinski definition) is 3. The smallest absolute Gasteiger partial charge is 0.331 e. The molecule has 0 saturated carbocycles. The Bertz CT molecular complexity index is 224. The number of rotatable bonds is 13. The first kappa shape index (κ1) is 18.2. The fraction of sp³-hybridized carbons (Fsp3) is 0.812. The van der Waals surface area contributed by atoms with Crippen LogP contribution in [-0.4, -0.2) is 24.3 Å². The van der Waals surface area contributed by atoms with Gasteiger partial charge < -0.3 is 9.84 Å². The highest BCUT2D eigenvalue weighted by Gasteiger charge is 1.98. The Morgan fingerprint density at radius 1 is 0.947 bits per heavy atom. The van der Waals surface area contributed by atoms with Crippen molar-refractivity contribution in [2.45, 2.75) is 71.1 Å². The van der Waals surface area contributed by atoms with Gasteiger partial charge in [0.15, 0.2) is 0 Å². The van der Waals surface area contributed by atoms with E-state index in [0.29, 0.717) is 6.61 Å². The van der Waals surface area contributed by atoms with Crippen LogP contribution in [0.5, 0.6) is 0 Å². The van der Waals surface area contributed by atoms with Gasteiger partial charge in [-0.3, -0.25) is 0 Å². The highest BCUT2D eigenvalue weighted by molar-refractivity contribution is 5.70. The molecule has 0 aromatic rings. The minimum absolute atomic E-state index is 0.449. The summed E-state index contributed by atoms with van der Waals surface area (Å²) in [5.74, 6) is -0.516. The zero-order chi connectivity index (χ0) is 14.2. The van der Waals surface area contributed by atoms with Gasteiger partial charge in [-0.25, -0.2) is 4.79 Å². The summed E-state index contributed by atoms with van der Waals surface area (Å²) in [6.07, 6.45) is 16.8. The van der Waals surface area contributed by atoms with Crippen LogP contribution >= 0.6 is 0 Å². The third kappa shape index (κ3) is 15.1. The minimum Gasteiger partial charge on any atom is -0.464 e. The maximum absolute atomic E-state index is 10.6. The normalized spacial score (nSPS) is 11.1. The lowest BCUT2D eigenvalue weighted by molar-refractivity contribution is -0.147. The Hall–Kier alpha value is -0.830. The number of carbonyl (C=O) groups is 1.